The van der Waals surface area contributed by atoms with Gasteiger partial charge < -0.3 is 14.2 Å². The van der Waals surface area contributed by atoms with Crippen molar-refractivity contribution in [2.75, 3.05) is 20.3 Å². The van der Waals surface area contributed by atoms with E-state index in [4.69, 9.17) is 19.0 Å². The van der Waals surface area contributed by atoms with Crippen molar-refractivity contribution in [3.05, 3.63) is 47.4 Å². The van der Waals surface area contributed by atoms with E-state index < -0.39 is 6.04 Å². The number of benzene rings is 1. The number of methoxy groups -OCH3 is 1. The average molecular weight is 361 g/mol. The van der Waals surface area contributed by atoms with Crippen LogP contribution in [0.1, 0.15) is 32.8 Å². The molecule has 2 fully saturated rings. The van der Waals surface area contributed by atoms with Crippen LogP contribution in [0, 0.1) is 5.41 Å². The fourth-order valence-corrected chi connectivity index (χ4v) is 3.19. The second kappa shape index (κ2) is 7.68. The number of hydrogen-bond donors (Lipinski definition) is 0. The van der Waals surface area contributed by atoms with Gasteiger partial charge in [-0.15, -0.1) is 0 Å². The van der Waals surface area contributed by atoms with Crippen molar-refractivity contribution in [1.82, 2.24) is 5.06 Å². The summed E-state index contributed by atoms with van der Waals surface area (Å²) in [6.07, 6.45) is 0.471. The predicted molar refractivity (Wildman–Crippen MR) is 95.7 cm³/mol. The number of esters is 1. The number of hydroxylamine groups is 2. The molecule has 6 heteroatoms. The van der Waals surface area contributed by atoms with Crippen LogP contribution in [0.5, 0.6) is 0 Å². The molecule has 0 N–H and O–H groups in total. The van der Waals surface area contributed by atoms with Crippen LogP contribution in [-0.2, 0) is 30.4 Å². The van der Waals surface area contributed by atoms with Crippen molar-refractivity contribution < 1.29 is 23.8 Å². The highest BCUT2D eigenvalue weighted by atomic mass is 16.7. The van der Waals surface area contributed by atoms with Gasteiger partial charge in [0.05, 0.1) is 33.0 Å². The first-order chi connectivity index (χ1) is 12.4. The molecule has 0 aliphatic carbocycles. The molecule has 142 valence electrons. The van der Waals surface area contributed by atoms with E-state index in [2.05, 4.69) is 13.8 Å². The second-order valence-electron chi connectivity index (χ2n) is 7.59. The molecular formula is C20H27NO5. The summed E-state index contributed by atoms with van der Waals surface area (Å²) < 4.78 is 16.7. The molecule has 0 bridgehead atoms. The van der Waals surface area contributed by atoms with Crippen molar-refractivity contribution >= 4 is 5.97 Å². The minimum Gasteiger partial charge on any atom is -0.468 e. The van der Waals surface area contributed by atoms with E-state index in [0.717, 1.165) is 11.1 Å². The monoisotopic (exact) mass is 361 g/mol. The van der Waals surface area contributed by atoms with E-state index in [-0.39, 0.29) is 17.4 Å². The highest BCUT2D eigenvalue weighted by molar-refractivity contribution is 5.76. The van der Waals surface area contributed by atoms with Crippen molar-refractivity contribution in [1.29, 1.82) is 0 Å². The molecule has 6 nitrogen and oxygen atoms in total. The van der Waals surface area contributed by atoms with Crippen LogP contribution in [0.2, 0.25) is 0 Å². The molecule has 2 heterocycles. The van der Waals surface area contributed by atoms with Crippen LogP contribution in [0.15, 0.2) is 41.9 Å². The zero-order chi connectivity index (χ0) is 18.7. The fraction of sp³-hybridized carbons (Fsp3) is 0.550. The number of ether oxygens (including phenoxy) is 3. The third kappa shape index (κ3) is 4.02. The summed E-state index contributed by atoms with van der Waals surface area (Å²) in [6, 6.07) is 9.21. The average Bonchev–Trinajstić information content (AvgIpc) is 2.97. The van der Waals surface area contributed by atoms with Gasteiger partial charge in [-0.2, -0.15) is 5.06 Å². The van der Waals surface area contributed by atoms with Crippen LogP contribution >= 0.6 is 0 Å². The Bertz CT molecular complexity index is 658. The molecule has 0 radical (unpaired) electrons. The Kier molecular flexibility index (Phi) is 5.53. The molecule has 0 spiro atoms. The van der Waals surface area contributed by atoms with E-state index in [9.17, 15) is 4.79 Å². The summed E-state index contributed by atoms with van der Waals surface area (Å²) in [5.41, 5.74) is 1.96. The first kappa shape index (κ1) is 18.7. The number of rotatable bonds is 4. The third-order valence-electron chi connectivity index (χ3n) is 4.75. The summed E-state index contributed by atoms with van der Waals surface area (Å²) in [4.78, 5) is 18.3. The predicted octanol–water partition coefficient (Wildman–Crippen LogP) is 3.04. The van der Waals surface area contributed by atoms with Gasteiger partial charge in [0.15, 0.2) is 0 Å². The van der Waals surface area contributed by atoms with Gasteiger partial charge in [-0.3, -0.25) is 9.63 Å². The molecule has 1 aromatic carbocycles. The SMILES string of the molecule is COC(=O)[C@H]1CC(=C2OCC(C)(C)CO2)[C@@H](C)N1OCc1ccccc1. The molecule has 0 saturated carbocycles. The van der Waals surface area contributed by atoms with E-state index >= 15 is 0 Å². The third-order valence-corrected chi connectivity index (χ3v) is 4.75. The topological polar surface area (TPSA) is 57.2 Å². The minimum absolute atomic E-state index is 0.0167. The van der Waals surface area contributed by atoms with Crippen LogP contribution in [0.25, 0.3) is 0 Å². The summed E-state index contributed by atoms with van der Waals surface area (Å²) in [5, 5.41) is 1.70. The molecule has 2 atom stereocenters. The largest absolute Gasteiger partial charge is 0.468 e. The molecule has 0 aromatic heterocycles. The number of nitrogens with zero attached hydrogens (tertiary/aromatic N) is 1. The molecule has 0 unspecified atom stereocenters. The van der Waals surface area contributed by atoms with Crippen molar-refractivity contribution in [2.24, 2.45) is 5.41 Å². The van der Waals surface area contributed by atoms with Gasteiger partial charge >= 0.3 is 5.97 Å². The highest BCUT2D eigenvalue weighted by Gasteiger charge is 2.44. The summed E-state index contributed by atoms with van der Waals surface area (Å²) in [7, 11) is 1.39. The zero-order valence-corrected chi connectivity index (χ0v) is 15.9. The Labute approximate surface area is 154 Å². The fourth-order valence-electron chi connectivity index (χ4n) is 3.19. The quantitative estimate of drug-likeness (QED) is 0.769. The minimum atomic E-state index is -0.511. The number of carbonyl (C=O) groups excluding carboxylic acids is 1. The van der Waals surface area contributed by atoms with Gasteiger partial charge in [0.2, 0.25) is 0 Å². The Morgan fingerprint density at radius 3 is 2.50 bits per heavy atom. The molecular weight excluding hydrogens is 334 g/mol. The van der Waals surface area contributed by atoms with Gasteiger partial charge in [-0.1, -0.05) is 44.2 Å². The van der Waals surface area contributed by atoms with E-state index in [1.165, 1.54) is 7.11 Å². The summed E-state index contributed by atoms with van der Waals surface area (Å²) in [6.45, 7) is 7.75. The maximum Gasteiger partial charge on any atom is 0.325 e. The normalized spacial score (nSPS) is 25.5. The molecule has 2 aliphatic rings. The van der Waals surface area contributed by atoms with Crippen LogP contribution < -0.4 is 0 Å². The lowest BCUT2D eigenvalue weighted by atomic mass is 9.95. The van der Waals surface area contributed by atoms with Gasteiger partial charge in [0.25, 0.3) is 5.95 Å². The second-order valence-corrected chi connectivity index (χ2v) is 7.59. The number of hydrogen-bond acceptors (Lipinski definition) is 6. The van der Waals surface area contributed by atoms with Crippen LogP contribution in [0.3, 0.4) is 0 Å². The maximum atomic E-state index is 12.3. The first-order valence-electron chi connectivity index (χ1n) is 8.93. The lowest BCUT2D eigenvalue weighted by Gasteiger charge is -2.32. The lowest BCUT2D eigenvalue weighted by Crippen LogP contribution is -2.40. The first-order valence-corrected chi connectivity index (χ1v) is 8.93. The van der Waals surface area contributed by atoms with E-state index in [1.807, 2.05) is 37.3 Å². The standard InChI is InChI=1S/C20H27NO5/c1-14-16(19-24-12-20(2,3)13-25-19)10-17(18(22)23-4)21(14)26-11-15-8-6-5-7-9-15/h5-9,14,17H,10-13H2,1-4H3/t14-,17-/m1/s1. The molecule has 26 heavy (non-hydrogen) atoms. The Morgan fingerprint density at radius 2 is 1.88 bits per heavy atom. The van der Waals surface area contributed by atoms with Crippen LogP contribution in [0.4, 0.5) is 0 Å². The van der Waals surface area contributed by atoms with Crippen molar-refractivity contribution in [3.8, 4) is 0 Å². The van der Waals surface area contributed by atoms with Crippen molar-refractivity contribution in [2.45, 2.75) is 45.9 Å². The number of carbonyl (C=O) groups is 1. The van der Waals surface area contributed by atoms with E-state index in [0.29, 0.717) is 32.2 Å². The molecule has 2 saturated heterocycles. The Hall–Kier alpha value is -2.05. The van der Waals surface area contributed by atoms with Crippen LogP contribution in [-0.4, -0.2) is 43.4 Å². The van der Waals surface area contributed by atoms with Gasteiger partial charge in [-0.05, 0) is 12.5 Å². The molecule has 1 aromatic rings. The smallest absolute Gasteiger partial charge is 0.325 e. The summed E-state index contributed by atoms with van der Waals surface area (Å²) in [5.74, 6) is 0.202. The zero-order valence-electron chi connectivity index (χ0n) is 15.9. The summed E-state index contributed by atoms with van der Waals surface area (Å²) >= 11 is 0. The molecule has 2 aliphatic heterocycles. The highest BCUT2D eigenvalue weighted by Crippen LogP contribution is 2.36. The lowest BCUT2D eigenvalue weighted by molar-refractivity contribution is -0.207. The molecule has 0 amide bonds. The van der Waals surface area contributed by atoms with E-state index in [1.54, 1.807) is 5.06 Å². The molecule has 3 rings (SSSR count). The van der Waals surface area contributed by atoms with Gasteiger partial charge in [-0.25, -0.2) is 0 Å². The maximum absolute atomic E-state index is 12.3. The van der Waals surface area contributed by atoms with Gasteiger partial charge in [0, 0.05) is 17.4 Å². The van der Waals surface area contributed by atoms with Gasteiger partial charge in [0.1, 0.15) is 6.04 Å². The Morgan fingerprint density at radius 1 is 1.23 bits per heavy atom. The Balaban J connectivity index is 1.77. The van der Waals surface area contributed by atoms with Crippen molar-refractivity contribution in [3.63, 3.8) is 0 Å².